The van der Waals surface area contributed by atoms with E-state index >= 15 is 0 Å². The zero-order chi connectivity index (χ0) is 30.5. The van der Waals surface area contributed by atoms with Crippen molar-refractivity contribution in [2.45, 2.75) is 38.8 Å². The lowest BCUT2D eigenvalue weighted by molar-refractivity contribution is -0.134. The number of hydrogen-bond donors (Lipinski definition) is 5. The maximum Gasteiger partial charge on any atom is 0.312 e. The molecular weight excluding hydrogens is 552 g/mol. The molecule has 0 aliphatic heterocycles. The number of aliphatic imine (C=N–C) groups is 1. The number of amides is 5. The van der Waals surface area contributed by atoms with Crippen LogP contribution in [-0.4, -0.2) is 93.7 Å². The summed E-state index contributed by atoms with van der Waals surface area (Å²) in [6.07, 6.45) is 0.599. The first kappa shape index (κ1) is 35.6. The minimum atomic E-state index is -0.931. The number of primary amides is 1. The van der Waals surface area contributed by atoms with Crippen LogP contribution in [0, 0.1) is 12.8 Å². The summed E-state index contributed by atoms with van der Waals surface area (Å²) in [7, 11) is 0. The Morgan fingerprint density at radius 2 is 1.61 bits per heavy atom. The molecule has 0 heterocycles. The number of anilines is 1. The highest BCUT2D eigenvalue weighted by Gasteiger charge is 2.28. The van der Waals surface area contributed by atoms with Gasteiger partial charge in [-0.05, 0) is 55.6 Å². The van der Waals surface area contributed by atoms with Crippen LogP contribution in [0.15, 0.2) is 29.3 Å². The monoisotopic (exact) mass is 593 g/mol. The molecule has 5 amide bonds. The molecule has 13 nitrogen and oxygen atoms in total. The molecule has 0 aliphatic rings. The quantitative estimate of drug-likeness (QED) is 0.0796. The number of nitrogens with two attached hydrogens (primary N) is 1. The summed E-state index contributed by atoms with van der Waals surface area (Å²) in [5.41, 5.74) is 6.42. The van der Waals surface area contributed by atoms with Gasteiger partial charge in [-0.3, -0.25) is 14.4 Å². The molecule has 0 saturated heterocycles. The molecule has 0 aliphatic carbocycles. The number of rotatable bonds is 21. The molecule has 0 saturated carbocycles. The van der Waals surface area contributed by atoms with Gasteiger partial charge in [0.1, 0.15) is 18.7 Å². The zero-order valence-electron chi connectivity index (χ0n) is 23.6. The van der Waals surface area contributed by atoms with Crippen molar-refractivity contribution in [3.05, 3.63) is 36.8 Å². The minimum absolute atomic E-state index is 0.178. The Morgan fingerprint density at radius 3 is 2.22 bits per heavy atom. The van der Waals surface area contributed by atoms with Gasteiger partial charge >= 0.3 is 6.03 Å². The van der Waals surface area contributed by atoms with E-state index in [9.17, 15) is 19.2 Å². The molecule has 1 aromatic rings. The van der Waals surface area contributed by atoms with Crippen LogP contribution >= 0.6 is 12.2 Å². The Morgan fingerprint density at radius 1 is 0.976 bits per heavy atom. The third-order valence-corrected chi connectivity index (χ3v) is 5.61. The smallest absolute Gasteiger partial charge is 0.312 e. The number of urea groups is 1. The van der Waals surface area contributed by atoms with E-state index in [1.165, 1.54) is 0 Å². The van der Waals surface area contributed by atoms with E-state index in [0.717, 1.165) is 5.56 Å². The lowest BCUT2D eigenvalue weighted by Gasteiger charge is -2.25. The lowest BCUT2D eigenvalue weighted by atomic mass is 10.0. The summed E-state index contributed by atoms with van der Waals surface area (Å²) in [5, 5.41) is 12.9. The van der Waals surface area contributed by atoms with Gasteiger partial charge in [-0.1, -0.05) is 26.0 Å². The van der Waals surface area contributed by atoms with Crippen molar-refractivity contribution >= 4 is 46.8 Å². The first-order chi connectivity index (χ1) is 19.6. The SMILES string of the molecule is [CH2]c1ccc(NC(=O)[C@H](CCCNC(N)=O)NC(=O)[C@@H](NC(=O)COCCOCCOCCN=C=S)C(C)C)cc1. The zero-order valence-corrected chi connectivity index (χ0v) is 24.4. The van der Waals surface area contributed by atoms with Crippen LogP contribution in [0.3, 0.4) is 0 Å². The number of nitrogens with one attached hydrogen (secondary N) is 4. The third kappa shape index (κ3) is 17.1. The molecule has 1 aromatic carbocycles. The Bertz CT molecular complexity index is 1000. The van der Waals surface area contributed by atoms with E-state index in [2.05, 4.69) is 50.6 Å². The molecule has 0 aromatic heterocycles. The fourth-order valence-corrected chi connectivity index (χ4v) is 3.47. The lowest BCUT2D eigenvalue weighted by Crippen LogP contribution is -2.55. The standard InChI is InChI=1S/C27H41N6O7S/c1-19(2)24(33-23(34)17-40-16-15-39-14-13-38-12-11-29-18-41)26(36)32-22(5-4-10-30-27(28)37)25(35)31-21-8-6-20(3)7-9-21/h6-9,19,22,24H,3-5,10-17H2,1-2H3,(H,31,35)(H,32,36)(H,33,34)(H3,28,30,37)/t22-,24-/m0/s1. The van der Waals surface area contributed by atoms with E-state index in [1.807, 2.05) is 0 Å². The van der Waals surface area contributed by atoms with Crippen LogP contribution < -0.4 is 27.0 Å². The van der Waals surface area contributed by atoms with Gasteiger partial charge in [0.05, 0.1) is 44.7 Å². The first-order valence-electron chi connectivity index (χ1n) is 13.3. The number of benzene rings is 1. The second-order valence-corrected chi connectivity index (χ2v) is 9.40. The predicted molar refractivity (Wildman–Crippen MR) is 157 cm³/mol. The van der Waals surface area contributed by atoms with Crippen LogP contribution in [0.2, 0.25) is 0 Å². The summed E-state index contributed by atoms with van der Waals surface area (Å²) >= 11 is 4.46. The van der Waals surface area contributed by atoms with E-state index in [1.54, 1.807) is 38.1 Å². The van der Waals surface area contributed by atoms with Crippen LogP contribution in [-0.2, 0) is 28.6 Å². The van der Waals surface area contributed by atoms with Crippen LogP contribution in [0.5, 0.6) is 0 Å². The Kier molecular flexibility index (Phi) is 18.5. The highest BCUT2D eigenvalue weighted by molar-refractivity contribution is 7.78. The third-order valence-electron chi connectivity index (χ3n) is 5.48. The summed E-state index contributed by atoms with van der Waals surface area (Å²) in [5.74, 6) is -1.73. The van der Waals surface area contributed by atoms with Crippen LogP contribution in [0.25, 0.3) is 0 Å². The topological polar surface area (TPSA) is 182 Å². The molecular formula is C27H41N6O7S. The Balaban J connectivity index is 2.57. The number of hydrogen-bond acceptors (Lipinski definition) is 9. The highest BCUT2D eigenvalue weighted by Crippen LogP contribution is 2.11. The van der Waals surface area contributed by atoms with Crippen molar-refractivity contribution in [2.75, 3.05) is 58.0 Å². The number of nitrogens with zero attached hydrogens (tertiary/aromatic N) is 1. The Hall–Kier alpha value is -3.42. The van der Waals surface area contributed by atoms with E-state index < -0.39 is 35.8 Å². The average molecular weight is 594 g/mol. The summed E-state index contributed by atoms with van der Waals surface area (Å²) < 4.78 is 16.0. The molecule has 0 fully saturated rings. The number of thiocarbonyl (C=S) groups is 1. The highest BCUT2D eigenvalue weighted by atomic mass is 32.1. The first-order valence-corrected chi connectivity index (χ1v) is 13.7. The summed E-state index contributed by atoms with van der Waals surface area (Å²) in [6, 6.07) is 4.36. The molecule has 1 radical (unpaired) electrons. The fourth-order valence-electron chi connectivity index (χ4n) is 3.38. The molecule has 0 bridgehead atoms. The van der Waals surface area contributed by atoms with Crippen molar-refractivity contribution in [3.63, 3.8) is 0 Å². The maximum absolute atomic E-state index is 13.1. The Labute approximate surface area is 246 Å². The van der Waals surface area contributed by atoms with E-state index in [-0.39, 0.29) is 38.7 Å². The molecule has 0 spiro atoms. The van der Waals surface area contributed by atoms with Crippen molar-refractivity contribution in [2.24, 2.45) is 16.6 Å². The van der Waals surface area contributed by atoms with E-state index in [0.29, 0.717) is 38.5 Å². The van der Waals surface area contributed by atoms with Gasteiger partial charge in [-0.25, -0.2) is 9.79 Å². The van der Waals surface area contributed by atoms with Gasteiger partial charge in [0.25, 0.3) is 0 Å². The number of carbonyl (C=O) groups excluding carboxylic acids is 4. The molecule has 14 heteroatoms. The van der Waals surface area contributed by atoms with Crippen molar-refractivity contribution in [1.29, 1.82) is 0 Å². The molecule has 2 atom stereocenters. The van der Waals surface area contributed by atoms with Gasteiger partial charge in [0.15, 0.2) is 0 Å². The molecule has 6 N–H and O–H groups in total. The van der Waals surface area contributed by atoms with Crippen LogP contribution in [0.4, 0.5) is 10.5 Å². The normalized spacial score (nSPS) is 12.1. The molecule has 41 heavy (non-hydrogen) atoms. The van der Waals surface area contributed by atoms with Gasteiger partial charge in [-0.15, -0.1) is 0 Å². The predicted octanol–water partition coefficient (Wildman–Crippen LogP) is 1.03. The second-order valence-electron chi connectivity index (χ2n) is 9.22. The number of carbonyl (C=O) groups is 4. The maximum atomic E-state index is 13.1. The van der Waals surface area contributed by atoms with Crippen molar-refractivity contribution in [1.82, 2.24) is 16.0 Å². The van der Waals surface area contributed by atoms with Gasteiger partial charge < -0.3 is 41.2 Å². The van der Waals surface area contributed by atoms with E-state index in [4.69, 9.17) is 19.9 Å². The summed E-state index contributed by atoms with van der Waals surface area (Å²) in [6.45, 7) is 9.39. The van der Waals surface area contributed by atoms with Gasteiger partial charge in [0.2, 0.25) is 17.7 Å². The number of ether oxygens (including phenoxy) is 3. The van der Waals surface area contributed by atoms with Crippen molar-refractivity contribution < 1.29 is 33.4 Å². The largest absolute Gasteiger partial charge is 0.377 e. The molecule has 227 valence electrons. The number of isothiocyanates is 1. The average Bonchev–Trinajstić information content (AvgIpc) is 2.92. The molecule has 1 rings (SSSR count). The summed E-state index contributed by atoms with van der Waals surface area (Å²) in [4.78, 5) is 53.3. The minimum Gasteiger partial charge on any atom is -0.377 e. The van der Waals surface area contributed by atoms with Gasteiger partial charge in [-0.2, -0.15) is 0 Å². The molecule has 0 unspecified atom stereocenters. The van der Waals surface area contributed by atoms with Crippen LogP contribution in [0.1, 0.15) is 32.3 Å². The van der Waals surface area contributed by atoms with Crippen molar-refractivity contribution in [3.8, 4) is 0 Å². The van der Waals surface area contributed by atoms with Gasteiger partial charge in [0, 0.05) is 12.2 Å². The fraction of sp³-hybridized carbons (Fsp3) is 0.556. The second kappa shape index (κ2) is 21.3.